The molecule has 0 radical (unpaired) electrons. The SMILES string of the molecule is CC(C)c1cc2c(c(O)c1O)C1(C(=O)O)CCCC(C)(C)[C@@H]1CC2. The summed E-state index contributed by atoms with van der Waals surface area (Å²) in [6.45, 7) is 8.20. The number of rotatable bonds is 2. The van der Waals surface area contributed by atoms with E-state index in [0.29, 0.717) is 17.5 Å². The van der Waals surface area contributed by atoms with Gasteiger partial charge in [-0.1, -0.05) is 40.2 Å². The first kappa shape index (κ1) is 17.1. The van der Waals surface area contributed by atoms with Crippen molar-refractivity contribution in [3.63, 3.8) is 0 Å². The lowest BCUT2D eigenvalue weighted by Gasteiger charge is -2.53. The summed E-state index contributed by atoms with van der Waals surface area (Å²) < 4.78 is 0. The molecule has 0 aromatic heterocycles. The van der Waals surface area contributed by atoms with Crippen LogP contribution in [-0.4, -0.2) is 21.3 Å². The van der Waals surface area contributed by atoms with Gasteiger partial charge >= 0.3 is 5.97 Å². The minimum absolute atomic E-state index is 0.0288. The fourth-order valence-corrected chi connectivity index (χ4v) is 5.31. The Bertz CT molecular complexity index is 689. The summed E-state index contributed by atoms with van der Waals surface area (Å²) in [6, 6.07) is 1.91. The Balaban J connectivity index is 2.31. The van der Waals surface area contributed by atoms with Crippen LogP contribution in [-0.2, 0) is 16.6 Å². The third-order valence-electron chi connectivity index (χ3n) is 6.47. The van der Waals surface area contributed by atoms with Crippen LogP contribution in [0.4, 0.5) is 0 Å². The quantitative estimate of drug-likeness (QED) is 0.705. The molecule has 3 rings (SSSR count). The average molecular weight is 332 g/mol. The van der Waals surface area contributed by atoms with Crippen molar-refractivity contribution in [2.24, 2.45) is 11.3 Å². The lowest BCUT2D eigenvalue weighted by Crippen LogP contribution is -2.54. The summed E-state index contributed by atoms with van der Waals surface area (Å²) >= 11 is 0. The highest BCUT2D eigenvalue weighted by Crippen LogP contribution is 2.60. The van der Waals surface area contributed by atoms with Gasteiger partial charge in [-0.3, -0.25) is 4.79 Å². The Morgan fingerprint density at radius 2 is 1.88 bits per heavy atom. The van der Waals surface area contributed by atoms with Gasteiger partial charge in [0, 0.05) is 11.1 Å². The van der Waals surface area contributed by atoms with Crippen LogP contribution in [0.15, 0.2) is 6.07 Å². The summed E-state index contributed by atoms with van der Waals surface area (Å²) in [7, 11) is 0. The third kappa shape index (κ3) is 2.15. The fraction of sp³-hybridized carbons (Fsp3) is 0.650. The zero-order valence-electron chi connectivity index (χ0n) is 15.0. The molecule has 1 fully saturated rings. The number of fused-ring (bicyclic) bond motifs is 3. The van der Waals surface area contributed by atoms with Gasteiger partial charge < -0.3 is 15.3 Å². The van der Waals surface area contributed by atoms with Crippen molar-refractivity contribution in [2.75, 3.05) is 0 Å². The summed E-state index contributed by atoms with van der Waals surface area (Å²) in [4.78, 5) is 12.5. The number of hydrogen-bond donors (Lipinski definition) is 3. The van der Waals surface area contributed by atoms with E-state index >= 15 is 0 Å². The summed E-state index contributed by atoms with van der Waals surface area (Å²) in [5, 5.41) is 31.5. The van der Waals surface area contributed by atoms with Crippen LogP contribution in [0.1, 0.15) is 76.0 Å². The number of phenols is 2. The van der Waals surface area contributed by atoms with E-state index in [2.05, 4.69) is 13.8 Å². The summed E-state index contributed by atoms with van der Waals surface area (Å²) in [5.41, 5.74) is 0.881. The van der Waals surface area contributed by atoms with Crippen molar-refractivity contribution < 1.29 is 20.1 Å². The Labute approximate surface area is 143 Å². The number of aryl methyl sites for hydroxylation is 1. The maximum absolute atomic E-state index is 12.5. The van der Waals surface area contributed by atoms with Crippen LogP contribution < -0.4 is 0 Å². The predicted molar refractivity (Wildman–Crippen MR) is 92.6 cm³/mol. The number of carbonyl (C=O) groups is 1. The molecule has 1 aromatic carbocycles. The molecular formula is C20H28O4. The van der Waals surface area contributed by atoms with Gasteiger partial charge in [0.25, 0.3) is 0 Å². The van der Waals surface area contributed by atoms with Crippen molar-refractivity contribution in [2.45, 2.75) is 71.1 Å². The third-order valence-corrected chi connectivity index (χ3v) is 6.47. The second-order valence-electron chi connectivity index (χ2n) is 8.56. The Morgan fingerprint density at radius 1 is 1.21 bits per heavy atom. The highest BCUT2D eigenvalue weighted by Gasteiger charge is 2.58. The molecule has 0 heterocycles. The highest BCUT2D eigenvalue weighted by atomic mass is 16.4. The highest BCUT2D eigenvalue weighted by molar-refractivity contribution is 5.85. The number of carboxylic acids is 1. The predicted octanol–water partition coefficient (Wildman–Crippen LogP) is 4.32. The number of aromatic hydroxyl groups is 2. The molecule has 2 aliphatic rings. The zero-order chi connectivity index (χ0) is 17.9. The molecule has 3 N–H and O–H groups in total. The van der Waals surface area contributed by atoms with Gasteiger partial charge in [-0.15, -0.1) is 0 Å². The van der Waals surface area contributed by atoms with E-state index in [4.69, 9.17) is 0 Å². The molecule has 0 aliphatic heterocycles. The van der Waals surface area contributed by atoms with Crippen LogP contribution in [0.5, 0.6) is 11.5 Å². The number of benzene rings is 1. The Kier molecular flexibility index (Phi) is 3.85. The van der Waals surface area contributed by atoms with Crippen LogP contribution >= 0.6 is 0 Å². The van der Waals surface area contributed by atoms with Crippen molar-refractivity contribution >= 4 is 5.97 Å². The van der Waals surface area contributed by atoms with Gasteiger partial charge in [-0.05, 0) is 48.5 Å². The number of hydrogen-bond acceptors (Lipinski definition) is 3. The molecule has 1 unspecified atom stereocenters. The summed E-state index contributed by atoms with van der Waals surface area (Å²) in [6.07, 6.45) is 3.91. The summed E-state index contributed by atoms with van der Waals surface area (Å²) in [5.74, 6) is -1.18. The molecule has 1 saturated carbocycles. The van der Waals surface area contributed by atoms with E-state index in [1.165, 1.54) is 0 Å². The van der Waals surface area contributed by atoms with Gasteiger partial charge in [-0.25, -0.2) is 0 Å². The Hall–Kier alpha value is -1.71. The lowest BCUT2D eigenvalue weighted by atomic mass is 9.49. The maximum Gasteiger partial charge on any atom is 0.314 e. The standard InChI is InChI=1S/C20H28O4/c1-11(2)13-10-12-6-7-14-19(3,4)8-5-9-20(14,18(23)24)15(12)17(22)16(13)21/h10-11,14,21-22H,5-9H2,1-4H3,(H,23,24)/t14-,20?/m0/s1. The number of aliphatic carboxylic acids is 1. The van der Waals surface area contributed by atoms with Crippen molar-refractivity contribution in [3.05, 3.63) is 22.8 Å². The molecule has 4 nitrogen and oxygen atoms in total. The smallest absolute Gasteiger partial charge is 0.314 e. The van der Waals surface area contributed by atoms with Crippen LogP contribution in [0, 0.1) is 11.3 Å². The minimum Gasteiger partial charge on any atom is -0.504 e. The number of carboxylic acid groups (broad SMARTS) is 1. The molecule has 2 atom stereocenters. The van der Waals surface area contributed by atoms with Crippen LogP contribution in [0.2, 0.25) is 0 Å². The first-order valence-electron chi connectivity index (χ1n) is 8.94. The first-order chi connectivity index (χ1) is 11.1. The lowest BCUT2D eigenvalue weighted by molar-refractivity contribution is -0.152. The normalized spacial score (nSPS) is 28.3. The van der Waals surface area contributed by atoms with E-state index < -0.39 is 11.4 Å². The molecule has 0 bridgehead atoms. The minimum atomic E-state index is -1.09. The molecular weight excluding hydrogens is 304 g/mol. The molecule has 0 saturated heterocycles. The van der Waals surface area contributed by atoms with Gasteiger partial charge in [0.1, 0.15) is 0 Å². The monoisotopic (exact) mass is 332 g/mol. The number of phenolic OH excluding ortho intramolecular Hbond substituents is 2. The zero-order valence-corrected chi connectivity index (χ0v) is 15.0. The van der Waals surface area contributed by atoms with E-state index in [0.717, 1.165) is 31.2 Å². The molecule has 1 aromatic rings. The fourth-order valence-electron chi connectivity index (χ4n) is 5.31. The van der Waals surface area contributed by atoms with Crippen LogP contribution in [0.25, 0.3) is 0 Å². The molecule has 0 spiro atoms. The van der Waals surface area contributed by atoms with Gasteiger partial charge in [0.05, 0.1) is 5.41 Å². The molecule has 4 heteroatoms. The van der Waals surface area contributed by atoms with Gasteiger partial charge in [0.2, 0.25) is 0 Å². The van der Waals surface area contributed by atoms with Gasteiger partial charge in [0.15, 0.2) is 11.5 Å². The molecule has 0 amide bonds. The van der Waals surface area contributed by atoms with Gasteiger partial charge in [-0.2, -0.15) is 0 Å². The Morgan fingerprint density at radius 3 is 2.46 bits per heavy atom. The average Bonchev–Trinajstić information content (AvgIpc) is 2.49. The topological polar surface area (TPSA) is 77.8 Å². The van der Waals surface area contributed by atoms with Crippen LogP contribution in [0.3, 0.4) is 0 Å². The van der Waals surface area contributed by atoms with Crippen molar-refractivity contribution in [1.29, 1.82) is 0 Å². The molecule has 24 heavy (non-hydrogen) atoms. The van der Waals surface area contributed by atoms with E-state index in [9.17, 15) is 20.1 Å². The van der Waals surface area contributed by atoms with E-state index in [1.807, 2.05) is 19.9 Å². The van der Waals surface area contributed by atoms with Crippen molar-refractivity contribution in [3.8, 4) is 11.5 Å². The largest absolute Gasteiger partial charge is 0.504 e. The maximum atomic E-state index is 12.5. The second kappa shape index (κ2) is 5.40. The second-order valence-corrected chi connectivity index (χ2v) is 8.56. The van der Waals surface area contributed by atoms with Crippen molar-refractivity contribution in [1.82, 2.24) is 0 Å². The van der Waals surface area contributed by atoms with E-state index in [1.54, 1.807) is 0 Å². The molecule has 2 aliphatic carbocycles. The molecule has 132 valence electrons. The first-order valence-corrected chi connectivity index (χ1v) is 8.94. The van der Waals surface area contributed by atoms with E-state index in [-0.39, 0.29) is 28.7 Å².